The van der Waals surface area contributed by atoms with Crippen molar-refractivity contribution in [3.05, 3.63) is 27.7 Å². The number of aryl methyl sites for hydroxylation is 1. The predicted octanol–water partition coefficient (Wildman–Crippen LogP) is 3.15. The summed E-state index contributed by atoms with van der Waals surface area (Å²) in [5.74, 6) is 0. The van der Waals surface area contributed by atoms with Crippen LogP contribution in [0.15, 0.2) is 16.6 Å². The van der Waals surface area contributed by atoms with Crippen LogP contribution in [0.3, 0.4) is 0 Å². The topological polar surface area (TPSA) is 3.24 Å². The molecule has 0 aliphatic carbocycles. The van der Waals surface area contributed by atoms with Gasteiger partial charge in [0.1, 0.15) is 0 Å². The molecule has 14 heavy (non-hydrogen) atoms. The summed E-state index contributed by atoms with van der Waals surface area (Å²) in [6.45, 7) is 2.49. The van der Waals surface area contributed by atoms with Crippen molar-refractivity contribution in [3.63, 3.8) is 0 Å². The van der Waals surface area contributed by atoms with Gasteiger partial charge in [0.05, 0.1) is 0 Å². The van der Waals surface area contributed by atoms with E-state index in [4.69, 9.17) is 0 Å². The lowest BCUT2D eigenvalue weighted by atomic mass is 10.0. The van der Waals surface area contributed by atoms with E-state index in [0.29, 0.717) is 0 Å². The molecule has 0 bridgehead atoms. The van der Waals surface area contributed by atoms with Crippen LogP contribution in [0.2, 0.25) is 0 Å². The number of hydrogen-bond donors (Lipinski definition) is 0. The van der Waals surface area contributed by atoms with E-state index in [1.165, 1.54) is 43.2 Å². The minimum atomic E-state index is 1.23. The number of benzene rings is 1. The van der Waals surface area contributed by atoms with Crippen LogP contribution in [-0.4, -0.2) is 13.1 Å². The van der Waals surface area contributed by atoms with Gasteiger partial charge in [-0.2, -0.15) is 0 Å². The lowest BCUT2D eigenvalue weighted by molar-refractivity contribution is 0.725. The van der Waals surface area contributed by atoms with Crippen LogP contribution in [-0.2, 0) is 12.8 Å². The number of halogens is 1. The zero-order valence-corrected chi connectivity index (χ0v) is 9.81. The molecule has 1 aromatic rings. The molecule has 2 heteroatoms. The van der Waals surface area contributed by atoms with E-state index < -0.39 is 0 Å². The largest absolute Gasteiger partial charge is 0.371 e. The fraction of sp³-hybridized carbons (Fsp3) is 0.500. The highest BCUT2D eigenvalue weighted by molar-refractivity contribution is 9.10. The van der Waals surface area contributed by atoms with Crippen LogP contribution in [0, 0.1) is 0 Å². The zero-order chi connectivity index (χ0) is 9.54. The van der Waals surface area contributed by atoms with Crippen molar-refractivity contribution < 1.29 is 0 Å². The van der Waals surface area contributed by atoms with Crippen molar-refractivity contribution in [1.29, 1.82) is 0 Å². The summed E-state index contributed by atoms with van der Waals surface area (Å²) in [7, 11) is 0. The van der Waals surface area contributed by atoms with Crippen molar-refractivity contribution in [2.24, 2.45) is 0 Å². The molecule has 0 amide bonds. The van der Waals surface area contributed by atoms with Crippen LogP contribution >= 0.6 is 15.9 Å². The Kier molecular flexibility index (Phi) is 2.05. The predicted molar refractivity (Wildman–Crippen MR) is 63.0 cm³/mol. The van der Waals surface area contributed by atoms with Gasteiger partial charge in [-0.05, 0) is 42.9 Å². The Labute approximate surface area is 93.2 Å². The maximum atomic E-state index is 3.66. The summed E-state index contributed by atoms with van der Waals surface area (Å²) in [5.41, 5.74) is 4.67. The van der Waals surface area contributed by atoms with E-state index in [1.807, 2.05) is 0 Å². The van der Waals surface area contributed by atoms with Gasteiger partial charge in [0, 0.05) is 23.2 Å². The van der Waals surface area contributed by atoms with Gasteiger partial charge in [-0.3, -0.25) is 0 Å². The average Bonchev–Trinajstić information content (AvgIpc) is 2.51. The number of hydrogen-bond acceptors (Lipinski definition) is 1. The van der Waals surface area contributed by atoms with Crippen molar-refractivity contribution in [2.75, 3.05) is 18.0 Å². The van der Waals surface area contributed by atoms with Crippen LogP contribution in [0.1, 0.15) is 24.0 Å². The molecule has 2 aliphatic heterocycles. The molecule has 0 N–H and O–H groups in total. The summed E-state index contributed by atoms with van der Waals surface area (Å²) in [5, 5.41) is 0. The molecule has 0 fully saturated rings. The Bertz CT molecular complexity index is 373. The van der Waals surface area contributed by atoms with Crippen LogP contribution in [0.5, 0.6) is 0 Å². The first kappa shape index (κ1) is 8.78. The van der Waals surface area contributed by atoms with Crippen molar-refractivity contribution in [2.45, 2.75) is 25.7 Å². The quantitative estimate of drug-likeness (QED) is 0.685. The van der Waals surface area contributed by atoms with Crippen molar-refractivity contribution in [1.82, 2.24) is 0 Å². The molecular weight excluding hydrogens is 238 g/mol. The lowest BCUT2D eigenvalue weighted by Crippen LogP contribution is -2.20. The van der Waals surface area contributed by atoms with Gasteiger partial charge in [-0.1, -0.05) is 22.0 Å². The van der Waals surface area contributed by atoms with E-state index >= 15 is 0 Å². The number of anilines is 1. The molecule has 0 aromatic heterocycles. The third-order valence-corrected chi connectivity index (χ3v) is 4.12. The molecular formula is C12H14BrN. The Morgan fingerprint density at radius 3 is 2.93 bits per heavy atom. The van der Waals surface area contributed by atoms with Gasteiger partial charge in [0.2, 0.25) is 0 Å². The van der Waals surface area contributed by atoms with Gasteiger partial charge < -0.3 is 4.90 Å². The second-order valence-corrected chi connectivity index (χ2v) is 5.08. The van der Waals surface area contributed by atoms with Gasteiger partial charge >= 0.3 is 0 Å². The van der Waals surface area contributed by atoms with Gasteiger partial charge in [0.15, 0.2) is 0 Å². The minimum Gasteiger partial charge on any atom is -0.371 e. The highest BCUT2D eigenvalue weighted by atomic mass is 79.9. The summed E-state index contributed by atoms with van der Waals surface area (Å²) >= 11 is 3.66. The second kappa shape index (κ2) is 3.27. The average molecular weight is 252 g/mol. The fourth-order valence-electron chi connectivity index (χ4n) is 2.69. The first-order valence-corrected chi connectivity index (χ1v) is 6.21. The Morgan fingerprint density at radius 1 is 1.07 bits per heavy atom. The van der Waals surface area contributed by atoms with E-state index in [2.05, 4.69) is 33.0 Å². The van der Waals surface area contributed by atoms with Crippen LogP contribution in [0.4, 0.5) is 5.69 Å². The third-order valence-electron chi connectivity index (χ3n) is 3.38. The molecule has 0 spiro atoms. The summed E-state index contributed by atoms with van der Waals surface area (Å²) in [6, 6.07) is 4.52. The van der Waals surface area contributed by atoms with E-state index in [0.717, 1.165) is 0 Å². The lowest BCUT2D eigenvalue weighted by Gasteiger charge is -2.18. The molecule has 1 nitrogen and oxygen atoms in total. The first-order valence-electron chi connectivity index (χ1n) is 5.41. The van der Waals surface area contributed by atoms with Gasteiger partial charge in [0.25, 0.3) is 0 Å². The normalized spacial score (nSPS) is 19.4. The summed E-state index contributed by atoms with van der Waals surface area (Å²) in [6.07, 6.45) is 5.20. The number of rotatable bonds is 0. The summed E-state index contributed by atoms with van der Waals surface area (Å²) < 4.78 is 1.31. The van der Waals surface area contributed by atoms with Crippen molar-refractivity contribution in [3.8, 4) is 0 Å². The molecule has 2 heterocycles. The maximum absolute atomic E-state index is 3.66. The molecule has 74 valence electrons. The van der Waals surface area contributed by atoms with E-state index in [-0.39, 0.29) is 0 Å². The zero-order valence-electron chi connectivity index (χ0n) is 8.22. The van der Waals surface area contributed by atoms with E-state index in [1.54, 1.807) is 16.8 Å². The smallest absolute Gasteiger partial charge is 0.0443 e. The third kappa shape index (κ3) is 1.20. The summed E-state index contributed by atoms with van der Waals surface area (Å²) in [4.78, 5) is 2.57. The highest BCUT2D eigenvalue weighted by Gasteiger charge is 2.25. The fourth-order valence-corrected chi connectivity index (χ4v) is 3.21. The van der Waals surface area contributed by atoms with Gasteiger partial charge in [-0.25, -0.2) is 0 Å². The van der Waals surface area contributed by atoms with E-state index in [9.17, 15) is 0 Å². The van der Waals surface area contributed by atoms with Crippen molar-refractivity contribution >= 4 is 21.6 Å². The Balaban J connectivity index is 2.20. The molecule has 1 aromatic carbocycles. The Hall–Kier alpha value is -0.500. The molecule has 2 aliphatic rings. The van der Waals surface area contributed by atoms with Crippen LogP contribution < -0.4 is 4.90 Å². The van der Waals surface area contributed by atoms with Gasteiger partial charge in [-0.15, -0.1) is 0 Å². The maximum Gasteiger partial charge on any atom is 0.0443 e. The van der Waals surface area contributed by atoms with Crippen LogP contribution in [0.25, 0.3) is 0 Å². The minimum absolute atomic E-state index is 1.23. The Morgan fingerprint density at radius 2 is 2.00 bits per heavy atom. The number of nitrogens with zero attached hydrogens (tertiary/aromatic N) is 1. The monoisotopic (exact) mass is 251 g/mol. The second-order valence-electron chi connectivity index (χ2n) is 4.23. The first-order chi connectivity index (χ1) is 6.86. The molecule has 0 unspecified atom stereocenters. The standard InChI is InChI=1S/C12H14BrN/c13-11-5-4-9-3-1-2-7-14-8-6-10(11)12(9)14/h4-5H,1-3,6-8H2. The molecule has 0 saturated heterocycles. The molecule has 0 saturated carbocycles. The molecule has 0 atom stereocenters. The SMILES string of the molecule is Brc1ccc2c3c1CCN3CCCC2. The molecule has 0 radical (unpaired) electrons. The highest BCUT2D eigenvalue weighted by Crippen LogP contribution is 2.39. The molecule has 3 rings (SSSR count).